The number of nitrogens with two attached hydrogens (primary N) is 1. The average molecular weight is 250 g/mol. The van der Waals surface area contributed by atoms with E-state index in [0.29, 0.717) is 6.54 Å². The summed E-state index contributed by atoms with van der Waals surface area (Å²) in [6, 6.07) is 8.04. The van der Waals surface area contributed by atoms with Crippen molar-refractivity contribution in [2.75, 3.05) is 24.6 Å². The quantitative estimate of drug-likeness (QED) is 0.847. The standard InChI is InChI=1S/C14H22N2O2/c1-11(2)18-13-5-3-12(4-6-13)16-8-7-14(15,9-16)10-17/h3-6,11,17H,7-10,15H2,1-2H3. The van der Waals surface area contributed by atoms with Gasteiger partial charge in [0.1, 0.15) is 5.75 Å². The first-order valence-electron chi connectivity index (χ1n) is 6.44. The summed E-state index contributed by atoms with van der Waals surface area (Å²) in [7, 11) is 0. The van der Waals surface area contributed by atoms with E-state index >= 15 is 0 Å². The van der Waals surface area contributed by atoms with Gasteiger partial charge >= 0.3 is 0 Å². The second kappa shape index (κ2) is 5.16. The molecule has 1 fully saturated rings. The highest BCUT2D eigenvalue weighted by molar-refractivity contribution is 5.50. The highest BCUT2D eigenvalue weighted by Gasteiger charge is 2.33. The van der Waals surface area contributed by atoms with E-state index in [1.807, 2.05) is 38.1 Å². The molecule has 1 aliphatic rings. The number of anilines is 1. The Morgan fingerprint density at radius 2 is 2.06 bits per heavy atom. The SMILES string of the molecule is CC(C)Oc1ccc(N2CCC(N)(CO)C2)cc1. The molecule has 2 rings (SSSR count). The lowest BCUT2D eigenvalue weighted by molar-refractivity contribution is 0.210. The van der Waals surface area contributed by atoms with Crippen molar-refractivity contribution in [3.63, 3.8) is 0 Å². The molecule has 1 unspecified atom stereocenters. The van der Waals surface area contributed by atoms with Crippen LogP contribution < -0.4 is 15.4 Å². The smallest absolute Gasteiger partial charge is 0.119 e. The summed E-state index contributed by atoms with van der Waals surface area (Å²) >= 11 is 0. The molecule has 1 aliphatic heterocycles. The third kappa shape index (κ3) is 2.94. The zero-order chi connectivity index (χ0) is 13.2. The van der Waals surface area contributed by atoms with Gasteiger partial charge in [0.05, 0.1) is 18.2 Å². The van der Waals surface area contributed by atoms with Gasteiger partial charge < -0.3 is 20.5 Å². The Balaban J connectivity index is 2.02. The van der Waals surface area contributed by atoms with E-state index in [1.165, 1.54) is 0 Å². The summed E-state index contributed by atoms with van der Waals surface area (Å²) in [6.45, 7) is 5.66. The van der Waals surface area contributed by atoms with Crippen molar-refractivity contribution < 1.29 is 9.84 Å². The van der Waals surface area contributed by atoms with Gasteiger partial charge in [-0.05, 0) is 44.5 Å². The van der Waals surface area contributed by atoms with Crippen LogP contribution in [0.5, 0.6) is 5.75 Å². The molecule has 0 aliphatic carbocycles. The summed E-state index contributed by atoms with van der Waals surface area (Å²) in [6.07, 6.45) is 1.02. The Morgan fingerprint density at radius 1 is 1.39 bits per heavy atom. The van der Waals surface area contributed by atoms with E-state index < -0.39 is 5.54 Å². The second-order valence-corrected chi connectivity index (χ2v) is 5.35. The van der Waals surface area contributed by atoms with E-state index in [2.05, 4.69) is 4.90 Å². The van der Waals surface area contributed by atoms with Crippen LogP contribution >= 0.6 is 0 Å². The molecule has 0 amide bonds. The maximum Gasteiger partial charge on any atom is 0.119 e. The number of rotatable bonds is 4. The van der Waals surface area contributed by atoms with Gasteiger partial charge in [-0.3, -0.25) is 0 Å². The second-order valence-electron chi connectivity index (χ2n) is 5.35. The van der Waals surface area contributed by atoms with Gasteiger partial charge in [-0.2, -0.15) is 0 Å². The van der Waals surface area contributed by atoms with E-state index in [9.17, 15) is 5.11 Å². The van der Waals surface area contributed by atoms with Crippen LogP contribution in [0.2, 0.25) is 0 Å². The number of benzene rings is 1. The molecule has 1 aromatic rings. The van der Waals surface area contributed by atoms with Crippen LogP contribution in [0.15, 0.2) is 24.3 Å². The molecule has 3 N–H and O–H groups in total. The van der Waals surface area contributed by atoms with Gasteiger partial charge in [-0.15, -0.1) is 0 Å². The van der Waals surface area contributed by atoms with Crippen LogP contribution in [0.25, 0.3) is 0 Å². The molecule has 0 aromatic heterocycles. The predicted octanol–water partition coefficient (Wildman–Crippen LogP) is 1.37. The average Bonchev–Trinajstić information content (AvgIpc) is 2.73. The normalized spacial score (nSPS) is 23.7. The molecule has 1 saturated heterocycles. The van der Waals surface area contributed by atoms with Crippen molar-refractivity contribution in [2.45, 2.75) is 31.9 Å². The van der Waals surface area contributed by atoms with E-state index in [1.54, 1.807) is 0 Å². The molecule has 0 spiro atoms. The number of hydrogen-bond acceptors (Lipinski definition) is 4. The molecule has 18 heavy (non-hydrogen) atoms. The van der Waals surface area contributed by atoms with Crippen molar-refractivity contribution in [1.82, 2.24) is 0 Å². The topological polar surface area (TPSA) is 58.7 Å². The van der Waals surface area contributed by atoms with Gasteiger partial charge in [0.2, 0.25) is 0 Å². The zero-order valence-corrected chi connectivity index (χ0v) is 11.1. The maximum atomic E-state index is 9.26. The van der Waals surface area contributed by atoms with Crippen molar-refractivity contribution in [3.8, 4) is 5.75 Å². The minimum Gasteiger partial charge on any atom is -0.491 e. The molecular weight excluding hydrogens is 228 g/mol. The monoisotopic (exact) mass is 250 g/mol. The van der Waals surface area contributed by atoms with Crippen LogP contribution in [-0.2, 0) is 0 Å². The maximum absolute atomic E-state index is 9.26. The first kappa shape index (κ1) is 13.2. The van der Waals surface area contributed by atoms with E-state index in [4.69, 9.17) is 10.5 Å². The number of aliphatic hydroxyl groups excluding tert-OH is 1. The fourth-order valence-electron chi connectivity index (χ4n) is 2.25. The molecule has 0 saturated carbocycles. The number of ether oxygens (including phenoxy) is 1. The summed E-state index contributed by atoms with van der Waals surface area (Å²) in [5.74, 6) is 0.883. The fraction of sp³-hybridized carbons (Fsp3) is 0.571. The molecular formula is C14H22N2O2. The van der Waals surface area contributed by atoms with Crippen molar-refractivity contribution in [3.05, 3.63) is 24.3 Å². The largest absolute Gasteiger partial charge is 0.491 e. The summed E-state index contributed by atoms with van der Waals surface area (Å²) in [5, 5.41) is 9.26. The Bertz CT molecular complexity index is 391. The first-order valence-corrected chi connectivity index (χ1v) is 6.44. The number of aliphatic hydroxyl groups is 1. The van der Waals surface area contributed by atoms with Crippen LogP contribution in [0.1, 0.15) is 20.3 Å². The summed E-state index contributed by atoms with van der Waals surface area (Å²) in [5.41, 5.74) is 6.75. The molecule has 0 radical (unpaired) electrons. The van der Waals surface area contributed by atoms with Crippen LogP contribution in [0, 0.1) is 0 Å². The molecule has 1 heterocycles. The van der Waals surface area contributed by atoms with Gasteiger partial charge in [-0.1, -0.05) is 0 Å². The number of hydrogen-bond donors (Lipinski definition) is 2. The Morgan fingerprint density at radius 3 is 2.56 bits per heavy atom. The van der Waals surface area contributed by atoms with E-state index in [-0.39, 0.29) is 12.7 Å². The molecule has 4 nitrogen and oxygen atoms in total. The van der Waals surface area contributed by atoms with Gasteiger partial charge in [-0.25, -0.2) is 0 Å². The van der Waals surface area contributed by atoms with Crippen molar-refractivity contribution in [1.29, 1.82) is 0 Å². The highest BCUT2D eigenvalue weighted by atomic mass is 16.5. The van der Waals surface area contributed by atoms with E-state index in [0.717, 1.165) is 24.4 Å². The highest BCUT2D eigenvalue weighted by Crippen LogP contribution is 2.26. The van der Waals surface area contributed by atoms with Crippen LogP contribution in [0.3, 0.4) is 0 Å². The molecule has 100 valence electrons. The van der Waals surface area contributed by atoms with Gasteiger partial charge in [0, 0.05) is 18.8 Å². The summed E-state index contributed by atoms with van der Waals surface area (Å²) in [4.78, 5) is 2.20. The lowest BCUT2D eigenvalue weighted by atomic mass is 10.0. The third-order valence-corrected chi connectivity index (χ3v) is 3.27. The lowest BCUT2D eigenvalue weighted by Crippen LogP contribution is -2.46. The Hall–Kier alpha value is -1.26. The van der Waals surface area contributed by atoms with Crippen molar-refractivity contribution >= 4 is 5.69 Å². The molecule has 1 atom stereocenters. The first-order chi connectivity index (χ1) is 8.52. The minimum absolute atomic E-state index is 0.0397. The molecule has 1 aromatic carbocycles. The minimum atomic E-state index is -0.451. The Kier molecular flexibility index (Phi) is 3.78. The third-order valence-electron chi connectivity index (χ3n) is 3.27. The van der Waals surface area contributed by atoms with Crippen LogP contribution in [0.4, 0.5) is 5.69 Å². The molecule has 4 heteroatoms. The predicted molar refractivity (Wildman–Crippen MR) is 73.0 cm³/mol. The number of nitrogens with zero attached hydrogens (tertiary/aromatic N) is 1. The fourth-order valence-corrected chi connectivity index (χ4v) is 2.25. The Labute approximate surface area is 108 Å². The van der Waals surface area contributed by atoms with Gasteiger partial charge in [0.25, 0.3) is 0 Å². The zero-order valence-electron chi connectivity index (χ0n) is 11.1. The summed E-state index contributed by atoms with van der Waals surface area (Å²) < 4.78 is 5.61. The lowest BCUT2D eigenvalue weighted by Gasteiger charge is -2.23. The van der Waals surface area contributed by atoms with Crippen molar-refractivity contribution in [2.24, 2.45) is 5.73 Å². The molecule has 0 bridgehead atoms. The van der Waals surface area contributed by atoms with Gasteiger partial charge in [0.15, 0.2) is 0 Å². The van der Waals surface area contributed by atoms with Crippen LogP contribution in [-0.4, -0.2) is 36.4 Å².